The van der Waals surface area contributed by atoms with Crippen LogP contribution in [0.1, 0.15) is 22.8 Å². The van der Waals surface area contributed by atoms with Crippen molar-refractivity contribution in [2.24, 2.45) is 0 Å². The first-order chi connectivity index (χ1) is 9.56. The maximum atomic E-state index is 10.7. The highest BCUT2D eigenvalue weighted by molar-refractivity contribution is 9.11. The normalized spacial score (nSPS) is 14.8. The Morgan fingerprint density at radius 3 is 2.55 bits per heavy atom. The van der Waals surface area contributed by atoms with Gasteiger partial charge in [-0.1, -0.05) is 47.8 Å². The molecule has 1 unspecified atom stereocenters. The molecule has 3 rings (SSSR count). The van der Waals surface area contributed by atoms with Crippen LogP contribution in [0.15, 0.2) is 43.7 Å². The first-order valence-electron chi connectivity index (χ1n) is 6.14. The summed E-state index contributed by atoms with van der Waals surface area (Å²) in [5.41, 5.74) is 2.75. The molecule has 0 bridgehead atoms. The highest BCUT2D eigenvalue weighted by Gasteiger charge is 2.24. The number of halogens is 3. The summed E-state index contributed by atoms with van der Waals surface area (Å²) in [6.07, 6.45) is 0.153. The van der Waals surface area contributed by atoms with E-state index in [4.69, 9.17) is 4.74 Å². The molecule has 0 radical (unpaired) electrons. The lowest BCUT2D eigenvalue weighted by Crippen LogP contribution is -2.03. The molecule has 1 aliphatic rings. The summed E-state index contributed by atoms with van der Waals surface area (Å²) in [5, 5.41) is 10.7. The van der Waals surface area contributed by atoms with Crippen molar-refractivity contribution in [3.63, 3.8) is 0 Å². The van der Waals surface area contributed by atoms with Gasteiger partial charge in [-0.2, -0.15) is 0 Å². The van der Waals surface area contributed by atoms with Gasteiger partial charge < -0.3 is 9.84 Å². The van der Waals surface area contributed by atoms with Gasteiger partial charge in [-0.05, 0) is 35.9 Å². The minimum Gasteiger partial charge on any atom is -0.493 e. The fourth-order valence-electron chi connectivity index (χ4n) is 2.39. The molecule has 20 heavy (non-hydrogen) atoms. The quantitative estimate of drug-likeness (QED) is 0.681. The van der Waals surface area contributed by atoms with Crippen LogP contribution < -0.4 is 4.74 Å². The predicted molar refractivity (Wildman–Crippen MR) is 89.2 cm³/mol. The van der Waals surface area contributed by atoms with Gasteiger partial charge in [0.1, 0.15) is 11.9 Å². The summed E-state index contributed by atoms with van der Waals surface area (Å²) in [6.45, 7) is 0.672. The Balaban J connectivity index is 2.11. The number of fused-ring (bicyclic) bond motifs is 1. The number of hydrogen-bond donors (Lipinski definition) is 1. The summed E-state index contributed by atoms with van der Waals surface area (Å²) < 4.78 is 8.46. The molecule has 2 nitrogen and oxygen atoms in total. The van der Waals surface area contributed by atoms with Crippen molar-refractivity contribution in [2.75, 3.05) is 6.61 Å². The molecule has 0 saturated heterocycles. The molecule has 0 saturated carbocycles. The van der Waals surface area contributed by atoms with E-state index < -0.39 is 6.10 Å². The Bertz CT molecular complexity index is 670. The van der Waals surface area contributed by atoms with Crippen molar-refractivity contribution in [3.8, 4) is 5.75 Å². The van der Waals surface area contributed by atoms with Gasteiger partial charge in [0.15, 0.2) is 0 Å². The monoisotopic (exact) mass is 460 g/mol. The molecule has 0 spiro atoms. The van der Waals surface area contributed by atoms with Crippen LogP contribution in [0.2, 0.25) is 0 Å². The first-order valence-corrected chi connectivity index (χ1v) is 8.52. The molecule has 1 aliphatic heterocycles. The van der Waals surface area contributed by atoms with E-state index in [0.29, 0.717) is 6.61 Å². The molecule has 0 aliphatic carbocycles. The maximum absolute atomic E-state index is 10.7. The molecule has 104 valence electrons. The number of benzene rings is 2. The zero-order valence-electron chi connectivity index (χ0n) is 10.4. The fraction of sp³-hybridized carbons (Fsp3) is 0.200. The largest absolute Gasteiger partial charge is 0.493 e. The second-order valence-corrected chi connectivity index (χ2v) is 7.34. The van der Waals surface area contributed by atoms with Crippen molar-refractivity contribution in [1.29, 1.82) is 0 Å². The molecule has 1 heterocycles. The second kappa shape index (κ2) is 5.79. The smallest absolute Gasteiger partial charge is 0.128 e. The zero-order chi connectivity index (χ0) is 14.3. The van der Waals surface area contributed by atoms with Crippen molar-refractivity contribution in [2.45, 2.75) is 12.5 Å². The molecule has 0 fully saturated rings. The lowest BCUT2D eigenvalue weighted by molar-refractivity contribution is 0.213. The summed E-state index contributed by atoms with van der Waals surface area (Å²) in [5.74, 6) is 0.813. The van der Waals surface area contributed by atoms with Gasteiger partial charge in [0.05, 0.1) is 6.61 Å². The van der Waals surface area contributed by atoms with Crippen molar-refractivity contribution < 1.29 is 9.84 Å². The van der Waals surface area contributed by atoms with Crippen molar-refractivity contribution in [3.05, 3.63) is 60.4 Å². The van der Waals surface area contributed by atoms with Gasteiger partial charge in [0, 0.05) is 31.0 Å². The number of ether oxygens (including phenoxy) is 1. The molecule has 2 aromatic carbocycles. The fourth-order valence-corrected chi connectivity index (χ4v) is 3.76. The zero-order valence-corrected chi connectivity index (χ0v) is 15.1. The first kappa shape index (κ1) is 14.6. The van der Waals surface area contributed by atoms with Crippen LogP contribution >= 0.6 is 47.8 Å². The van der Waals surface area contributed by atoms with E-state index >= 15 is 0 Å². The third-order valence-corrected chi connectivity index (χ3v) is 5.00. The average molecular weight is 463 g/mol. The lowest BCUT2D eigenvalue weighted by atomic mass is 9.98. The minimum atomic E-state index is -0.730. The van der Waals surface area contributed by atoms with Gasteiger partial charge in [0.2, 0.25) is 0 Å². The van der Waals surface area contributed by atoms with Gasteiger partial charge in [-0.15, -0.1) is 0 Å². The van der Waals surface area contributed by atoms with Crippen molar-refractivity contribution >= 4 is 47.8 Å². The Morgan fingerprint density at radius 1 is 1.00 bits per heavy atom. The summed E-state index contributed by atoms with van der Waals surface area (Å²) in [7, 11) is 0. The summed E-state index contributed by atoms with van der Waals surface area (Å²) in [4.78, 5) is 0. The van der Waals surface area contributed by atoms with Gasteiger partial charge in [-0.3, -0.25) is 0 Å². The van der Waals surface area contributed by atoms with E-state index in [1.54, 1.807) is 0 Å². The summed E-state index contributed by atoms with van der Waals surface area (Å²) >= 11 is 10.4. The molecular weight excluding hydrogens is 452 g/mol. The highest BCUT2D eigenvalue weighted by Crippen LogP contribution is 2.40. The van der Waals surface area contributed by atoms with E-state index in [2.05, 4.69) is 53.9 Å². The number of hydrogen-bond acceptors (Lipinski definition) is 2. The van der Waals surface area contributed by atoms with Crippen LogP contribution in [0.3, 0.4) is 0 Å². The molecule has 0 aromatic heterocycles. The molecule has 5 heteroatoms. The van der Waals surface area contributed by atoms with E-state index in [-0.39, 0.29) is 0 Å². The Morgan fingerprint density at radius 2 is 1.75 bits per heavy atom. The molecule has 1 atom stereocenters. The third-order valence-electron chi connectivity index (χ3n) is 3.32. The van der Waals surface area contributed by atoms with E-state index in [9.17, 15) is 5.11 Å². The van der Waals surface area contributed by atoms with E-state index in [1.807, 2.05) is 24.3 Å². The predicted octanol–water partition coefficient (Wildman–Crippen LogP) is 4.99. The van der Waals surface area contributed by atoms with E-state index in [1.165, 1.54) is 0 Å². The lowest BCUT2D eigenvalue weighted by Gasteiger charge is -2.17. The Kier molecular flexibility index (Phi) is 4.22. The standard InChI is InChI=1S/C15H11Br3O2/c16-9-1-2-13(18)11(6-9)14(19)12-7-10(17)5-8-3-4-20-15(8)12/h1-2,5-7,14,19H,3-4H2. The molecule has 2 aromatic rings. The summed E-state index contributed by atoms with van der Waals surface area (Å²) in [6, 6.07) is 9.73. The van der Waals surface area contributed by atoms with Crippen LogP contribution in [0.4, 0.5) is 0 Å². The maximum Gasteiger partial charge on any atom is 0.128 e. The SMILES string of the molecule is OC(c1cc(Br)ccc1Br)c1cc(Br)cc2c1OCC2. The van der Waals surface area contributed by atoms with Crippen LogP contribution in [0.5, 0.6) is 5.75 Å². The van der Waals surface area contributed by atoms with Gasteiger partial charge in [-0.25, -0.2) is 0 Å². The third kappa shape index (κ3) is 2.69. The minimum absolute atomic E-state index is 0.672. The van der Waals surface area contributed by atoms with Crippen LogP contribution in [-0.4, -0.2) is 11.7 Å². The van der Waals surface area contributed by atoms with Crippen molar-refractivity contribution in [1.82, 2.24) is 0 Å². The average Bonchev–Trinajstić information content (AvgIpc) is 2.87. The Hall–Kier alpha value is -0.360. The topological polar surface area (TPSA) is 29.5 Å². The number of aliphatic hydroxyl groups is 1. The number of rotatable bonds is 2. The highest BCUT2D eigenvalue weighted by atomic mass is 79.9. The molecule has 0 amide bonds. The second-order valence-electron chi connectivity index (χ2n) is 4.65. The molecular formula is C15H11Br3O2. The number of aliphatic hydroxyl groups excluding tert-OH is 1. The van der Waals surface area contributed by atoms with Crippen LogP contribution in [0, 0.1) is 0 Å². The molecule has 1 N–H and O–H groups in total. The van der Waals surface area contributed by atoms with Gasteiger partial charge in [0.25, 0.3) is 0 Å². The van der Waals surface area contributed by atoms with E-state index in [0.717, 1.165) is 42.3 Å². The van der Waals surface area contributed by atoms with Gasteiger partial charge >= 0.3 is 0 Å². The Labute approximate surface area is 142 Å². The van der Waals surface area contributed by atoms with Crippen LogP contribution in [0.25, 0.3) is 0 Å². The van der Waals surface area contributed by atoms with Crippen LogP contribution in [-0.2, 0) is 6.42 Å².